The largest absolute Gasteiger partial charge is 0.490 e. The molecule has 2 aromatic rings. The van der Waals surface area contributed by atoms with E-state index in [4.69, 9.17) is 9.47 Å². The molecular formula is C37H53N3O7. The van der Waals surface area contributed by atoms with E-state index in [2.05, 4.69) is 17.1 Å². The molecule has 1 aliphatic heterocycles. The van der Waals surface area contributed by atoms with Gasteiger partial charge in [-0.15, -0.1) is 0 Å². The van der Waals surface area contributed by atoms with E-state index in [0.29, 0.717) is 43.2 Å². The molecule has 0 unspecified atom stereocenters. The number of carboxylic acids is 1. The van der Waals surface area contributed by atoms with Crippen LogP contribution in [0.1, 0.15) is 98.4 Å². The highest BCUT2D eigenvalue weighted by molar-refractivity contribution is 6.00. The highest BCUT2D eigenvalue weighted by Gasteiger charge is 2.31. The van der Waals surface area contributed by atoms with Gasteiger partial charge in [-0.3, -0.25) is 14.5 Å². The average molecular weight is 652 g/mol. The fourth-order valence-electron chi connectivity index (χ4n) is 6.51. The van der Waals surface area contributed by atoms with E-state index in [0.717, 1.165) is 56.9 Å². The number of rotatable bonds is 9. The van der Waals surface area contributed by atoms with Crippen LogP contribution in [-0.2, 0) is 16.1 Å². The number of aliphatic hydroxyl groups is 1. The molecule has 1 fully saturated rings. The highest BCUT2D eigenvalue weighted by Crippen LogP contribution is 2.30. The van der Waals surface area contributed by atoms with Crippen molar-refractivity contribution in [2.45, 2.75) is 96.9 Å². The molecule has 10 nitrogen and oxygen atoms in total. The van der Waals surface area contributed by atoms with Crippen LogP contribution >= 0.6 is 0 Å². The van der Waals surface area contributed by atoms with Crippen molar-refractivity contribution in [3.05, 3.63) is 59.2 Å². The number of likely N-dealkylation sites (N-methyl/N-ethyl adjacent to an activating group) is 1. The lowest BCUT2D eigenvalue weighted by molar-refractivity contribution is -0.120. The Hall–Kier alpha value is -3.47. The van der Waals surface area contributed by atoms with Gasteiger partial charge in [0.05, 0.1) is 36.0 Å². The molecule has 4 rings (SSSR count). The van der Waals surface area contributed by atoms with E-state index in [9.17, 15) is 24.6 Å². The number of anilines is 1. The van der Waals surface area contributed by atoms with Crippen LogP contribution in [0.3, 0.4) is 0 Å². The van der Waals surface area contributed by atoms with E-state index < -0.39 is 12.0 Å². The summed E-state index contributed by atoms with van der Waals surface area (Å²) in [6, 6.07) is 11.7. The first-order valence-electron chi connectivity index (χ1n) is 17.2. The normalized spacial score (nSPS) is 22.6. The second kappa shape index (κ2) is 17.6. The number of fused-ring (bicyclic) bond motifs is 1. The molecule has 0 aromatic heterocycles. The quantitative estimate of drug-likeness (QED) is 0.309. The number of benzene rings is 2. The zero-order chi connectivity index (χ0) is 33.9. The second-order valence-electron chi connectivity index (χ2n) is 13.5. The second-order valence-corrected chi connectivity index (χ2v) is 13.5. The first-order valence-corrected chi connectivity index (χ1v) is 17.2. The number of ether oxygens (including phenoxy) is 2. The number of carbonyl (C=O) groups excluding carboxylic acids is 2. The fraction of sp³-hybridized carbons (Fsp3) is 0.595. The van der Waals surface area contributed by atoms with Crippen molar-refractivity contribution in [1.82, 2.24) is 9.80 Å². The summed E-state index contributed by atoms with van der Waals surface area (Å²) in [6.45, 7) is 7.82. The van der Waals surface area contributed by atoms with Crippen LogP contribution in [0, 0.1) is 11.8 Å². The number of amides is 2. The number of carbonyl (C=O) groups is 3. The van der Waals surface area contributed by atoms with Gasteiger partial charge >= 0.3 is 5.97 Å². The minimum atomic E-state index is -0.952. The Labute approximate surface area is 279 Å². The standard InChI is InChI=1S/C37H53N3O7/c1-25-21-40(26(2)24-41)36(43)32-20-31(38-35(42)29-11-6-5-7-12-29)17-18-33(32)47-27(3)10-8-9-19-46-34(25)23-39(4)22-28-13-15-30(16-14-28)37(44)45/h13-18,20,25-27,29,34,41H,5-12,19,21-24H2,1-4H3,(H,38,42)(H,44,45)/t25-,26-,27-,34-/m1/s1. The van der Waals surface area contributed by atoms with Gasteiger partial charge in [-0.2, -0.15) is 0 Å². The van der Waals surface area contributed by atoms with E-state index in [1.54, 1.807) is 35.2 Å². The van der Waals surface area contributed by atoms with Crippen LogP contribution in [0.4, 0.5) is 5.69 Å². The lowest BCUT2D eigenvalue weighted by Crippen LogP contribution is -2.47. The maximum Gasteiger partial charge on any atom is 0.335 e. The number of carboxylic acid groups (broad SMARTS) is 1. The Morgan fingerprint density at radius 2 is 1.72 bits per heavy atom. The van der Waals surface area contributed by atoms with Crippen molar-refractivity contribution >= 4 is 23.5 Å². The predicted octanol–water partition coefficient (Wildman–Crippen LogP) is 5.83. The van der Waals surface area contributed by atoms with Crippen LogP contribution in [0.25, 0.3) is 0 Å². The number of hydrogen-bond acceptors (Lipinski definition) is 7. The van der Waals surface area contributed by atoms with Gasteiger partial charge in [0, 0.05) is 43.8 Å². The van der Waals surface area contributed by atoms with Gasteiger partial charge in [0.15, 0.2) is 0 Å². The molecule has 47 heavy (non-hydrogen) atoms. The summed E-state index contributed by atoms with van der Waals surface area (Å²) in [4.78, 5) is 42.6. The number of nitrogens with one attached hydrogen (secondary N) is 1. The van der Waals surface area contributed by atoms with E-state index >= 15 is 0 Å². The summed E-state index contributed by atoms with van der Waals surface area (Å²) in [6.07, 6.45) is 7.26. The molecular weight excluding hydrogens is 598 g/mol. The summed E-state index contributed by atoms with van der Waals surface area (Å²) in [5, 5.41) is 22.5. The lowest BCUT2D eigenvalue weighted by Gasteiger charge is -2.36. The van der Waals surface area contributed by atoms with Gasteiger partial charge in [0.25, 0.3) is 5.91 Å². The predicted molar refractivity (Wildman–Crippen MR) is 182 cm³/mol. The molecule has 0 saturated heterocycles. The highest BCUT2D eigenvalue weighted by atomic mass is 16.5. The van der Waals surface area contributed by atoms with Gasteiger partial charge < -0.3 is 29.9 Å². The van der Waals surface area contributed by atoms with Gasteiger partial charge in [0.1, 0.15) is 5.75 Å². The minimum Gasteiger partial charge on any atom is -0.490 e. The van der Waals surface area contributed by atoms with Gasteiger partial charge in [0.2, 0.25) is 5.91 Å². The van der Waals surface area contributed by atoms with Crippen LogP contribution in [0.2, 0.25) is 0 Å². The first-order chi connectivity index (χ1) is 22.5. The Morgan fingerprint density at radius 3 is 2.40 bits per heavy atom. The third-order valence-corrected chi connectivity index (χ3v) is 9.44. The SMILES string of the molecule is C[C@@H]1CCCCO[C@H](CN(C)Cc2ccc(C(=O)O)cc2)[C@H](C)CN([C@H](C)CO)C(=O)c2cc(NC(=O)C3CCCCC3)ccc2O1. The molecule has 10 heteroatoms. The average Bonchev–Trinajstić information content (AvgIpc) is 3.06. The summed E-state index contributed by atoms with van der Waals surface area (Å²) in [5.41, 5.74) is 2.17. The van der Waals surface area contributed by atoms with Crippen molar-refractivity contribution < 1.29 is 34.1 Å². The number of hydrogen-bond donors (Lipinski definition) is 3. The Morgan fingerprint density at radius 1 is 1.02 bits per heavy atom. The van der Waals surface area contributed by atoms with Gasteiger partial charge in [-0.05, 0) is 88.9 Å². The monoisotopic (exact) mass is 651 g/mol. The van der Waals surface area contributed by atoms with Gasteiger partial charge in [-0.25, -0.2) is 4.79 Å². The van der Waals surface area contributed by atoms with Crippen molar-refractivity contribution in [3.8, 4) is 5.75 Å². The third-order valence-electron chi connectivity index (χ3n) is 9.44. The molecule has 0 bridgehead atoms. The molecule has 2 aliphatic rings. The van der Waals surface area contributed by atoms with Crippen LogP contribution in [0.5, 0.6) is 5.75 Å². The summed E-state index contributed by atoms with van der Waals surface area (Å²) in [7, 11) is 2.00. The Kier molecular flexibility index (Phi) is 13.6. The maximum absolute atomic E-state index is 14.4. The zero-order valence-electron chi connectivity index (χ0n) is 28.5. The van der Waals surface area contributed by atoms with Crippen molar-refractivity contribution in [2.24, 2.45) is 11.8 Å². The van der Waals surface area contributed by atoms with Crippen LogP contribution in [-0.4, -0.2) is 89.4 Å². The van der Waals surface area contributed by atoms with E-state index in [1.165, 1.54) is 0 Å². The molecule has 4 atom stereocenters. The zero-order valence-corrected chi connectivity index (χ0v) is 28.5. The lowest BCUT2D eigenvalue weighted by atomic mass is 9.88. The van der Waals surface area contributed by atoms with Crippen LogP contribution < -0.4 is 10.1 Å². The van der Waals surface area contributed by atoms with Crippen molar-refractivity contribution in [2.75, 3.05) is 38.7 Å². The minimum absolute atomic E-state index is 0.0107. The molecule has 2 aromatic carbocycles. The number of aromatic carboxylic acids is 1. The molecule has 258 valence electrons. The maximum atomic E-state index is 14.4. The molecule has 0 spiro atoms. The number of nitrogens with zero attached hydrogens (tertiary/aromatic N) is 2. The summed E-state index contributed by atoms with van der Waals surface area (Å²) >= 11 is 0. The molecule has 1 aliphatic carbocycles. The fourth-order valence-corrected chi connectivity index (χ4v) is 6.51. The summed E-state index contributed by atoms with van der Waals surface area (Å²) < 4.78 is 12.8. The van der Waals surface area contributed by atoms with E-state index in [-0.39, 0.29) is 48.0 Å². The summed E-state index contributed by atoms with van der Waals surface area (Å²) in [5.74, 6) is -0.854. The van der Waals surface area contributed by atoms with Crippen molar-refractivity contribution in [1.29, 1.82) is 0 Å². The smallest absolute Gasteiger partial charge is 0.335 e. The van der Waals surface area contributed by atoms with Crippen LogP contribution in [0.15, 0.2) is 42.5 Å². The molecule has 0 radical (unpaired) electrons. The van der Waals surface area contributed by atoms with Gasteiger partial charge in [-0.1, -0.05) is 38.3 Å². The molecule has 3 N–H and O–H groups in total. The Bertz CT molecular complexity index is 1330. The molecule has 1 heterocycles. The molecule has 1 saturated carbocycles. The third kappa shape index (κ3) is 10.5. The topological polar surface area (TPSA) is 129 Å². The number of aliphatic hydroxyl groups excluding tert-OH is 1. The van der Waals surface area contributed by atoms with Crippen molar-refractivity contribution in [3.63, 3.8) is 0 Å². The van der Waals surface area contributed by atoms with E-state index in [1.807, 2.05) is 33.0 Å². The Balaban J connectivity index is 1.57. The first kappa shape index (κ1) is 36.4. The molecule has 2 amide bonds.